The van der Waals surface area contributed by atoms with Gasteiger partial charge in [-0.2, -0.15) is 0 Å². The van der Waals surface area contributed by atoms with Gasteiger partial charge in [0.1, 0.15) is 0 Å². The molecule has 1 aromatic carbocycles. The van der Waals surface area contributed by atoms with E-state index in [1.807, 2.05) is 0 Å². The molecule has 1 saturated heterocycles. The second-order valence-electron chi connectivity index (χ2n) is 7.78. The summed E-state index contributed by atoms with van der Waals surface area (Å²) in [6, 6.07) is 11.1. The first kappa shape index (κ1) is 16.9. The van der Waals surface area contributed by atoms with Crippen molar-refractivity contribution in [2.75, 3.05) is 33.7 Å². The molecule has 0 aromatic heterocycles. The van der Waals surface area contributed by atoms with Crippen LogP contribution in [0.25, 0.3) is 0 Å². The number of nitrogens with zero attached hydrogens (tertiary/aromatic N) is 2. The first-order valence-corrected chi connectivity index (χ1v) is 9.25. The van der Waals surface area contributed by atoms with Crippen molar-refractivity contribution >= 4 is 0 Å². The van der Waals surface area contributed by atoms with E-state index < -0.39 is 0 Å². The van der Waals surface area contributed by atoms with Crippen LogP contribution in [0.4, 0.5) is 0 Å². The maximum Gasteiger partial charge on any atom is 0.0605 e. The molecule has 0 bridgehead atoms. The van der Waals surface area contributed by atoms with Crippen molar-refractivity contribution in [1.82, 2.24) is 9.80 Å². The number of aliphatic hydroxyl groups excluding tert-OH is 1. The standard InChI is InChI=1S/C20H32N2O/c1-21(2)15-17-16-22(14-11-19(17)23)20(12-7-4-8-13-20)18-9-5-3-6-10-18/h3,5-6,9-10,17,19,23H,4,7-8,11-16H2,1-2H3/t17-,19+/m0/s1. The van der Waals surface area contributed by atoms with Crippen molar-refractivity contribution < 1.29 is 5.11 Å². The van der Waals surface area contributed by atoms with Gasteiger partial charge in [-0.25, -0.2) is 0 Å². The van der Waals surface area contributed by atoms with E-state index in [1.165, 1.54) is 37.7 Å². The topological polar surface area (TPSA) is 26.7 Å². The van der Waals surface area contributed by atoms with Crippen molar-refractivity contribution in [2.45, 2.75) is 50.2 Å². The molecule has 1 N–H and O–H groups in total. The van der Waals surface area contributed by atoms with Gasteiger partial charge >= 0.3 is 0 Å². The molecule has 2 fully saturated rings. The fourth-order valence-electron chi connectivity index (χ4n) is 4.73. The van der Waals surface area contributed by atoms with Crippen LogP contribution in [-0.2, 0) is 5.54 Å². The van der Waals surface area contributed by atoms with Gasteiger partial charge in [0.15, 0.2) is 0 Å². The lowest BCUT2D eigenvalue weighted by molar-refractivity contribution is -0.0468. The number of likely N-dealkylation sites (tertiary alicyclic amines) is 1. The van der Waals surface area contributed by atoms with E-state index in [0.717, 1.165) is 26.1 Å². The largest absolute Gasteiger partial charge is 0.393 e. The molecule has 3 heteroatoms. The third-order valence-corrected chi connectivity index (χ3v) is 5.89. The summed E-state index contributed by atoms with van der Waals surface area (Å²) in [6.07, 6.45) is 7.31. The van der Waals surface area contributed by atoms with Crippen LogP contribution in [0.2, 0.25) is 0 Å². The Kier molecular flexibility index (Phi) is 5.40. The zero-order valence-electron chi connectivity index (χ0n) is 14.7. The smallest absolute Gasteiger partial charge is 0.0605 e. The fourth-order valence-corrected chi connectivity index (χ4v) is 4.73. The first-order chi connectivity index (χ1) is 11.1. The predicted molar refractivity (Wildman–Crippen MR) is 95.4 cm³/mol. The van der Waals surface area contributed by atoms with Gasteiger partial charge in [-0.15, -0.1) is 0 Å². The molecule has 1 aliphatic carbocycles. The van der Waals surface area contributed by atoms with E-state index in [9.17, 15) is 5.11 Å². The van der Waals surface area contributed by atoms with Crippen LogP contribution < -0.4 is 0 Å². The Hall–Kier alpha value is -0.900. The zero-order chi connectivity index (χ0) is 16.3. The molecular formula is C20H32N2O. The Balaban J connectivity index is 1.85. The number of hydrogen-bond acceptors (Lipinski definition) is 3. The molecular weight excluding hydrogens is 284 g/mol. The van der Waals surface area contributed by atoms with Gasteiger partial charge in [0.05, 0.1) is 6.10 Å². The van der Waals surface area contributed by atoms with E-state index >= 15 is 0 Å². The summed E-state index contributed by atoms with van der Waals surface area (Å²) in [7, 11) is 4.22. The highest BCUT2D eigenvalue weighted by Gasteiger charge is 2.43. The molecule has 0 amide bonds. The van der Waals surface area contributed by atoms with Crippen LogP contribution in [0.1, 0.15) is 44.1 Å². The van der Waals surface area contributed by atoms with E-state index in [4.69, 9.17) is 0 Å². The van der Waals surface area contributed by atoms with Crippen LogP contribution in [-0.4, -0.2) is 54.7 Å². The molecule has 3 rings (SSSR count). The van der Waals surface area contributed by atoms with Gasteiger partial charge in [0.2, 0.25) is 0 Å². The van der Waals surface area contributed by atoms with E-state index in [0.29, 0.717) is 5.92 Å². The van der Waals surface area contributed by atoms with Crippen molar-refractivity contribution in [3.63, 3.8) is 0 Å². The Morgan fingerprint density at radius 1 is 1.13 bits per heavy atom. The summed E-state index contributed by atoms with van der Waals surface area (Å²) < 4.78 is 0. The highest BCUT2D eigenvalue weighted by molar-refractivity contribution is 5.25. The second kappa shape index (κ2) is 7.33. The summed E-state index contributed by atoms with van der Waals surface area (Å²) in [5.41, 5.74) is 1.68. The van der Waals surface area contributed by atoms with E-state index in [1.54, 1.807) is 0 Å². The highest BCUT2D eigenvalue weighted by atomic mass is 16.3. The van der Waals surface area contributed by atoms with Crippen molar-refractivity contribution in [3.8, 4) is 0 Å². The number of benzene rings is 1. The van der Waals surface area contributed by atoms with Crippen molar-refractivity contribution in [2.24, 2.45) is 5.92 Å². The lowest BCUT2D eigenvalue weighted by Crippen LogP contribution is -2.56. The first-order valence-electron chi connectivity index (χ1n) is 9.25. The van der Waals surface area contributed by atoms with Crippen molar-refractivity contribution in [1.29, 1.82) is 0 Å². The molecule has 3 nitrogen and oxygen atoms in total. The molecule has 1 aliphatic heterocycles. The molecule has 0 spiro atoms. The van der Waals surface area contributed by atoms with E-state index in [2.05, 4.69) is 54.2 Å². The molecule has 2 atom stereocenters. The minimum Gasteiger partial charge on any atom is -0.393 e. The van der Waals surface area contributed by atoms with Crippen LogP contribution >= 0.6 is 0 Å². The summed E-state index contributed by atoms with van der Waals surface area (Å²) in [5, 5.41) is 10.4. The third kappa shape index (κ3) is 3.62. The summed E-state index contributed by atoms with van der Waals surface area (Å²) in [5.74, 6) is 0.362. The molecule has 1 aromatic rings. The van der Waals surface area contributed by atoms with Gasteiger partial charge < -0.3 is 10.0 Å². The Morgan fingerprint density at radius 2 is 1.83 bits per heavy atom. The molecule has 23 heavy (non-hydrogen) atoms. The Bertz CT molecular complexity index is 482. The second-order valence-corrected chi connectivity index (χ2v) is 7.78. The van der Waals surface area contributed by atoms with Gasteiger partial charge in [-0.1, -0.05) is 49.6 Å². The van der Waals surface area contributed by atoms with Gasteiger partial charge in [0, 0.05) is 31.1 Å². The molecule has 0 radical (unpaired) electrons. The molecule has 0 unspecified atom stereocenters. The molecule has 2 aliphatic rings. The lowest BCUT2D eigenvalue weighted by atomic mass is 9.73. The van der Waals surface area contributed by atoms with Gasteiger partial charge in [-0.3, -0.25) is 4.90 Å². The van der Waals surface area contributed by atoms with Crippen LogP contribution in [0.3, 0.4) is 0 Å². The van der Waals surface area contributed by atoms with Gasteiger partial charge in [-0.05, 0) is 38.9 Å². The fraction of sp³-hybridized carbons (Fsp3) is 0.700. The number of rotatable bonds is 4. The maximum atomic E-state index is 10.4. The van der Waals surface area contributed by atoms with Crippen molar-refractivity contribution in [3.05, 3.63) is 35.9 Å². The quantitative estimate of drug-likeness (QED) is 0.925. The minimum absolute atomic E-state index is 0.148. The normalized spacial score (nSPS) is 28.9. The lowest BCUT2D eigenvalue weighted by Gasteiger charge is -2.51. The predicted octanol–water partition coefficient (Wildman–Crippen LogP) is 3.09. The summed E-state index contributed by atoms with van der Waals surface area (Å²) in [6.45, 7) is 3.02. The minimum atomic E-state index is -0.148. The summed E-state index contributed by atoms with van der Waals surface area (Å²) in [4.78, 5) is 4.93. The number of piperidine rings is 1. The average molecular weight is 316 g/mol. The van der Waals surface area contributed by atoms with Gasteiger partial charge in [0.25, 0.3) is 0 Å². The monoisotopic (exact) mass is 316 g/mol. The average Bonchev–Trinajstić information content (AvgIpc) is 2.58. The Morgan fingerprint density at radius 3 is 2.48 bits per heavy atom. The van der Waals surface area contributed by atoms with E-state index in [-0.39, 0.29) is 11.6 Å². The van der Waals surface area contributed by atoms with Crippen LogP contribution in [0.5, 0.6) is 0 Å². The summed E-state index contributed by atoms with van der Waals surface area (Å²) >= 11 is 0. The maximum absolute atomic E-state index is 10.4. The number of hydrogen-bond donors (Lipinski definition) is 1. The van der Waals surface area contributed by atoms with Crippen LogP contribution in [0.15, 0.2) is 30.3 Å². The van der Waals surface area contributed by atoms with Crippen LogP contribution in [0, 0.1) is 5.92 Å². The highest BCUT2D eigenvalue weighted by Crippen LogP contribution is 2.44. The Labute approximate surface area is 141 Å². The zero-order valence-corrected chi connectivity index (χ0v) is 14.7. The SMILES string of the molecule is CN(C)C[C@H]1CN(C2(c3ccccc3)CCCCC2)CC[C@H]1O. The molecule has 1 saturated carbocycles. The molecule has 1 heterocycles. The molecule has 128 valence electrons. The third-order valence-electron chi connectivity index (χ3n) is 5.89. The number of aliphatic hydroxyl groups is 1.